The minimum atomic E-state index is 1.22. The summed E-state index contributed by atoms with van der Waals surface area (Å²) in [6, 6.07) is 66.6. The van der Waals surface area contributed by atoms with E-state index in [4.69, 9.17) is 0 Å². The van der Waals surface area contributed by atoms with Crippen molar-refractivity contribution in [2.75, 3.05) is 0 Å². The standard InChI is InChI=1S/C46H30/c1-2-13-31(14-3-1)34-19-10-20-36(29-34)45-41-23-8-9-24-42(41)46(40-26-12-18-33-16-5-7-22-38(33)40)43-28-27-35(30-44(43)45)39-25-11-17-32-15-4-6-21-37(32)39/h1-30H. The van der Waals surface area contributed by atoms with E-state index in [0.717, 1.165) is 0 Å². The zero-order valence-corrected chi connectivity index (χ0v) is 25.3. The van der Waals surface area contributed by atoms with Crippen molar-refractivity contribution >= 4 is 43.1 Å². The van der Waals surface area contributed by atoms with Crippen LogP contribution >= 0.6 is 0 Å². The Kier molecular flexibility index (Phi) is 6.25. The minimum absolute atomic E-state index is 1.22. The molecule has 0 N–H and O–H groups in total. The van der Waals surface area contributed by atoms with E-state index in [-0.39, 0.29) is 0 Å². The van der Waals surface area contributed by atoms with Gasteiger partial charge in [-0.1, -0.05) is 170 Å². The molecule has 0 spiro atoms. The van der Waals surface area contributed by atoms with Gasteiger partial charge < -0.3 is 0 Å². The van der Waals surface area contributed by atoms with Crippen LogP contribution in [0.15, 0.2) is 182 Å². The smallest absolute Gasteiger partial charge is 0.00201 e. The summed E-state index contributed by atoms with van der Waals surface area (Å²) in [7, 11) is 0. The van der Waals surface area contributed by atoms with Crippen LogP contribution in [0.5, 0.6) is 0 Å². The molecule has 46 heavy (non-hydrogen) atoms. The lowest BCUT2D eigenvalue weighted by atomic mass is 9.83. The third-order valence-corrected chi connectivity index (χ3v) is 9.44. The Morgan fingerprint density at radius 2 is 0.717 bits per heavy atom. The van der Waals surface area contributed by atoms with Gasteiger partial charge in [0.1, 0.15) is 0 Å². The van der Waals surface area contributed by atoms with E-state index in [1.165, 1.54) is 87.6 Å². The van der Waals surface area contributed by atoms with Gasteiger partial charge in [-0.2, -0.15) is 0 Å². The molecule has 9 rings (SSSR count). The van der Waals surface area contributed by atoms with Gasteiger partial charge in [-0.25, -0.2) is 0 Å². The number of hydrogen-bond acceptors (Lipinski definition) is 0. The molecule has 9 aromatic carbocycles. The maximum absolute atomic E-state index is 2.43. The number of benzene rings is 9. The summed E-state index contributed by atoms with van der Waals surface area (Å²) in [4.78, 5) is 0. The second-order valence-corrected chi connectivity index (χ2v) is 12.1. The Bertz CT molecular complexity index is 2560. The maximum Gasteiger partial charge on any atom is -0.00201 e. The van der Waals surface area contributed by atoms with Crippen LogP contribution in [0.25, 0.3) is 87.6 Å². The Morgan fingerprint density at radius 3 is 1.46 bits per heavy atom. The molecule has 0 saturated carbocycles. The van der Waals surface area contributed by atoms with E-state index in [9.17, 15) is 0 Å². The van der Waals surface area contributed by atoms with Crippen LogP contribution in [0.2, 0.25) is 0 Å². The largest absolute Gasteiger partial charge is 0.0622 e. The van der Waals surface area contributed by atoms with Gasteiger partial charge >= 0.3 is 0 Å². The highest BCUT2D eigenvalue weighted by atomic mass is 14.2. The molecule has 0 aliphatic heterocycles. The maximum atomic E-state index is 2.43. The molecule has 0 aromatic heterocycles. The minimum Gasteiger partial charge on any atom is -0.0622 e. The fourth-order valence-corrected chi connectivity index (χ4v) is 7.35. The molecule has 9 aromatic rings. The van der Waals surface area contributed by atoms with Crippen LogP contribution in [0.1, 0.15) is 0 Å². The molecular weight excluding hydrogens is 553 g/mol. The molecule has 214 valence electrons. The van der Waals surface area contributed by atoms with Crippen LogP contribution in [-0.4, -0.2) is 0 Å². The first-order chi connectivity index (χ1) is 22.8. The molecule has 0 saturated heterocycles. The van der Waals surface area contributed by atoms with Gasteiger partial charge in [-0.3, -0.25) is 0 Å². The SMILES string of the molecule is c1ccc(-c2cccc(-c3c4ccccc4c(-c4cccc5ccccc45)c4ccc(-c5cccc6ccccc56)cc34)c2)cc1. The topological polar surface area (TPSA) is 0 Å². The van der Waals surface area contributed by atoms with Gasteiger partial charge in [0, 0.05) is 0 Å². The summed E-state index contributed by atoms with van der Waals surface area (Å²) >= 11 is 0. The van der Waals surface area contributed by atoms with Crippen molar-refractivity contribution in [3.05, 3.63) is 182 Å². The zero-order valence-electron chi connectivity index (χ0n) is 25.3. The monoisotopic (exact) mass is 582 g/mol. The Morgan fingerprint density at radius 1 is 0.217 bits per heavy atom. The molecular formula is C46H30. The quantitative estimate of drug-likeness (QED) is 0.181. The van der Waals surface area contributed by atoms with E-state index in [2.05, 4.69) is 182 Å². The molecule has 0 unspecified atom stereocenters. The van der Waals surface area contributed by atoms with E-state index >= 15 is 0 Å². The van der Waals surface area contributed by atoms with Crippen molar-refractivity contribution in [1.82, 2.24) is 0 Å². The molecule has 0 nitrogen and oxygen atoms in total. The van der Waals surface area contributed by atoms with Crippen molar-refractivity contribution in [1.29, 1.82) is 0 Å². The van der Waals surface area contributed by atoms with Crippen LogP contribution in [0.4, 0.5) is 0 Å². The average molecular weight is 583 g/mol. The van der Waals surface area contributed by atoms with Gasteiger partial charge in [0.05, 0.1) is 0 Å². The Labute approximate surface area is 268 Å². The molecule has 0 fully saturated rings. The van der Waals surface area contributed by atoms with Gasteiger partial charge in [0.15, 0.2) is 0 Å². The Balaban J connectivity index is 1.42. The van der Waals surface area contributed by atoms with Gasteiger partial charge in [-0.05, 0) is 99.7 Å². The summed E-state index contributed by atoms with van der Waals surface area (Å²) in [5.41, 5.74) is 9.97. The summed E-state index contributed by atoms with van der Waals surface area (Å²) < 4.78 is 0. The fourth-order valence-electron chi connectivity index (χ4n) is 7.35. The summed E-state index contributed by atoms with van der Waals surface area (Å²) in [6.45, 7) is 0. The molecule has 0 aliphatic carbocycles. The predicted octanol–water partition coefficient (Wildman–Crippen LogP) is 13.0. The van der Waals surface area contributed by atoms with Crippen LogP contribution in [-0.2, 0) is 0 Å². The van der Waals surface area contributed by atoms with Crippen molar-refractivity contribution in [3.63, 3.8) is 0 Å². The normalized spacial score (nSPS) is 11.5. The molecule has 0 bridgehead atoms. The summed E-state index contributed by atoms with van der Waals surface area (Å²) in [6.07, 6.45) is 0. The first kappa shape index (κ1) is 26.4. The number of rotatable bonds is 4. The average Bonchev–Trinajstić information content (AvgIpc) is 3.13. The van der Waals surface area contributed by atoms with Crippen molar-refractivity contribution in [2.24, 2.45) is 0 Å². The van der Waals surface area contributed by atoms with Crippen LogP contribution < -0.4 is 0 Å². The lowest BCUT2D eigenvalue weighted by Crippen LogP contribution is -1.93. The van der Waals surface area contributed by atoms with Crippen molar-refractivity contribution in [2.45, 2.75) is 0 Å². The van der Waals surface area contributed by atoms with Gasteiger partial charge in [-0.15, -0.1) is 0 Å². The highest BCUT2D eigenvalue weighted by Crippen LogP contribution is 2.47. The third kappa shape index (κ3) is 4.30. The predicted molar refractivity (Wildman–Crippen MR) is 198 cm³/mol. The highest BCUT2D eigenvalue weighted by molar-refractivity contribution is 6.24. The molecule has 0 heterocycles. The summed E-state index contributed by atoms with van der Waals surface area (Å²) in [5.74, 6) is 0. The number of hydrogen-bond donors (Lipinski definition) is 0. The van der Waals surface area contributed by atoms with Crippen molar-refractivity contribution < 1.29 is 0 Å². The van der Waals surface area contributed by atoms with Crippen LogP contribution in [0, 0.1) is 0 Å². The highest BCUT2D eigenvalue weighted by Gasteiger charge is 2.19. The van der Waals surface area contributed by atoms with E-state index in [1.807, 2.05) is 0 Å². The lowest BCUT2D eigenvalue weighted by molar-refractivity contribution is 1.61. The second kappa shape index (κ2) is 10.9. The van der Waals surface area contributed by atoms with E-state index in [1.54, 1.807) is 0 Å². The van der Waals surface area contributed by atoms with E-state index < -0.39 is 0 Å². The third-order valence-electron chi connectivity index (χ3n) is 9.44. The van der Waals surface area contributed by atoms with Crippen LogP contribution in [0.3, 0.4) is 0 Å². The first-order valence-electron chi connectivity index (χ1n) is 15.9. The zero-order chi connectivity index (χ0) is 30.5. The molecule has 0 amide bonds. The first-order valence-corrected chi connectivity index (χ1v) is 15.9. The lowest BCUT2D eigenvalue weighted by Gasteiger charge is -2.20. The summed E-state index contributed by atoms with van der Waals surface area (Å²) in [5, 5.41) is 10.1. The Hall–Kier alpha value is -5.98. The van der Waals surface area contributed by atoms with E-state index in [0.29, 0.717) is 0 Å². The fraction of sp³-hybridized carbons (Fsp3) is 0. The van der Waals surface area contributed by atoms with Crippen molar-refractivity contribution in [3.8, 4) is 44.5 Å². The second-order valence-electron chi connectivity index (χ2n) is 12.1. The molecule has 0 heteroatoms. The molecule has 0 atom stereocenters. The molecule has 0 aliphatic rings. The number of fused-ring (bicyclic) bond motifs is 4. The van der Waals surface area contributed by atoms with Gasteiger partial charge in [0.2, 0.25) is 0 Å². The molecule has 0 radical (unpaired) electrons. The van der Waals surface area contributed by atoms with Gasteiger partial charge in [0.25, 0.3) is 0 Å².